The van der Waals surface area contributed by atoms with Gasteiger partial charge in [0.2, 0.25) is 0 Å². The van der Waals surface area contributed by atoms with Crippen molar-refractivity contribution in [3.05, 3.63) is 41.7 Å². The number of nitrogens with two attached hydrogens (primary N) is 1. The normalized spacial score (nSPS) is 11.6. The summed E-state index contributed by atoms with van der Waals surface area (Å²) in [6.45, 7) is 0. The summed E-state index contributed by atoms with van der Waals surface area (Å²) < 4.78 is 7.09. The lowest BCUT2D eigenvalue weighted by atomic mass is 10.1. The van der Waals surface area contributed by atoms with Crippen LogP contribution in [-0.2, 0) is 12.8 Å². The van der Waals surface area contributed by atoms with E-state index in [0.717, 1.165) is 16.2 Å². The molecule has 1 aromatic carbocycles. The van der Waals surface area contributed by atoms with Gasteiger partial charge >= 0.3 is 0 Å². The summed E-state index contributed by atoms with van der Waals surface area (Å²) in [4.78, 5) is 1.07. The van der Waals surface area contributed by atoms with Crippen LogP contribution in [0.1, 0.15) is 11.1 Å². The number of aryl methyl sites for hydroxylation is 1. The Hall–Kier alpha value is -2.15. The molecule has 0 aliphatic rings. The number of hydrogen-bond acceptors (Lipinski definition) is 5. The number of oxime groups is 1. The summed E-state index contributed by atoms with van der Waals surface area (Å²) in [5.74, 6) is 1.57. The van der Waals surface area contributed by atoms with Gasteiger partial charge < -0.3 is 15.7 Å². The highest BCUT2D eigenvalue weighted by atomic mass is 32.2. The highest BCUT2D eigenvalue weighted by molar-refractivity contribution is 7.98. The van der Waals surface area contributed by atoms with E-state index in [4.69, 9.17) is 15.7 Å². The molecule has 1 heterocycles. The molecule has 0 bridgehead atoms. The van der Waals surface area contributed by atoms with E-state index in [0.29, 0.717) is 11.3 Å². The van der Waals surface area contributed by atoms with Gasteiger partial charge in [0.25, 0.3) is 0 Å². The number of aromatic nitrogens is 2. The fourth-order valence-electron chi connectivity index (χ4n) is 1.74. The third-order valence-electron chi connectivity index (χ3n) is 2.76. The maximum atomic E-state index is 8.73. The molecule has 0 saturated heterocycles. The van der Waals surface area contributed by atoms with Crippen molar-refractivity contribution >= 4 is 17.6 Å². The molecule has 6 nitrogen and oxygen atoms in total. The fraction of sp³-hybridized carbons (Fsp3) is 0.231. The van der Waals surface area contributed by atoms with E-state index < -0.39 is 0 Å². The number of ether oxygens (including phenoxy) is 1. The van der Waals surface area contributed by atoms with E-state index in [1.807, 2.05) is 31.6 Å². The lowest BCUT2D eigenvalue weighted by molar-refractivity contribution is 0.318. The Bertz CT molecular complexity index is 625. The van der Waals surface area contributed by atoms with E-state index in [-0.39, 0.29) is 5.84 Å². The number of benzene rings is 1. The molecule has 0 amide bonds. The molecule has 0 unspecified atom stereocenters. The first-order chi connectivity index (χ1) is 9.63. The van der Waals surface area contributed by atoms with E-state index in [9.17, 15) is 0 Å². The second-order valence-electron chi connectivity index (χ2n) is 4.15. The van der Waals surface area contributed by atoms with Gasteiger partial charge in [0, 0.05) is 35.0 Å². The second-order valence-corrected chi connectivity index (χ2v) is 5.20. The first-order valence-electron chi connectivity index (χ1n) is 5.90. The topological polar surface area (TPSA) is 85.7 Å². The average molecular weight is 292 g/mol. The Balaban J connectivity index is 2.20. The van der Waals surface area contributed by atoms with E-state index >= 15 is 0 Å². The van der Waals surface area contributed by atoms with E-state index in [1.54, 1.807) is 29.6 Å². The molecule has 3 N–H and O–H groups in total. The molecule has 0 saturated carbocycles. The van der Waals surface area contributed by atoms with Crippen LogP contribution < -0.4 is 10.5 Å². The van der Waals surface area contributed by atoms with Crippen LogP contribution in [0.5, 0.6) is 5.75 Å². The smallest absolute Gasteiger partial charge is 0.170 e. The largest absolute Gasteiger partial charge is 0.496 e. The quantitative estimate of drug-likeness (QED) is 0.289. The van der Waals surface area contributed by atoms with Crippen molar-refractivity contribution in [2.24, 2.45) is 17.9 Å². The van der Waals surface area contributed by atoms with Crippen molar-refractivity contribution in [1.82, 2.24) is 9.78 Å². The Labute approximate surface area is 121 Å². The maximum Gasteiger partial charge on any atom is 0.170 e. The average Bonchev–Trinajstić information content (AvgIpc) is 2.89. The molecule has 0 aliphatic carbocycles. The van der Waals surface area contributed by atoms with Gasteiger partial charge in [-0.2, -0.15) is 5.10 Å². The van der Waals surface area contributed by atoms with E-state index in [1.165, 1.54) is 0 Å². The van der Waals surface area contributed by atoms with Crippen LogP contribution in [0.2, 0.25) is 0 Å². The molecule has 106 valence electrons. The van der Waals surface area contributed by atoms with Crippen LogP contribution in [0.3, 0.4) is 0 Å². The summed E-state index contributed by atoms with van der Waals surface area (Å²) in [7, 11) is 3.50. The minimum Gasteiger partial charge on any atom is -0.496 e. The number of amidine groups is 1. The third kappa shape index (κ3) is 3.24. The van der Waals surface area contributed by atoms with Crippen LogP contribution in [0.25, 0.3) is 0 Å². The van der Waals surface area contributed by atoms with Crippen molar-refractivity contribution in [3.63, 3.8) is 0 Å². The highest BCUT2D eigenvalue weighted by Gasteiger charge is 2.08. The van der Waals surface area contributed by atoms with Crippen LogP contribution in [0.15, 0.2) is 40.6 Å². The van der Waals surface area contributed by atoms with Gasteiger partial charge in [-0.25, -0.2) is 0 Å². The lowest BCUT2D eigenvalue weighted by Gasteiger charge is -2.09. The number of rotatable bonds is 5. The van der Waals surface area contributed by atoms with Gasteiger partial charge in [-0.1, -0.05) is 5.16 Å². The Morgan fingerprint density at radius 2 is 2.35 bits per heavy atom. The maximum absolute atomic E-state index is 8.73. The molecule has 20 heavy (non-hydrogen) atoms. The predicted octanol–water partition coefficient (Wildman–Crippen LogP) is 1.82. The molecule has 0 radical (unpaired) electrons. The van der Waals surface area contributed by atoms with Gasteiger partial charge in [-0.3, -0.25) is 4.68 Å². The zero-order chi connectivity index (χ0) is 14.5. The second kappa shape index (κ2) is 6.33. The summed E-state index contributed by atoms with van der Waals surface area (Å²) >= 11 is 1.65. The predicted molar refractivity (Wildman–Crippen MR) is 78.3 cm³/mol. The van der Waals surface area contributed by atoms with Gasteiger partial charge in [-0.15, -0.1) is 11.8 Å². The minimum absolute atomic E-state index is 0.0836. The first-order valence-corrected chi connectivity index (χ1v) is 6.89. The molecule has 2 aromatic rings. The summed E-state index contributed by atoms with van der Waals surface area (Å²) in [5.41, 5.74) is 7.24. The van der Waals surface area contributed by atoms with Crippen LogP contribution in [-0.4, -0.2) is 27.9 Å². The molecule has 0 aliphatic heterocycles. The first kappa shape index (κ1) is 14.3. The van der Waals surface area contributed by atoms with Crippen molar-refractivity contribution in [2.45, 2.75) is 10.6 Å². The molecule has 0 fully saturated rings. The summed E-state index contributed by atoms with van der Waals surface area (Å²) in [6.07, 6.45) is 3.76. The molecule has 0 spiro atoms. The Morgan fingerprint density at radius 1 is 1.55 bits per heavy atom. The minimum atomic E-state index is 0.0836. The van der Waals surface area contributed by atoms with Gasteiger partial charge in [0.15, 0.2) is 5.84 Å². The lowest BCUT2D eigenvalue weighted by Crippen LogP contribution is -2.13. The van der Waals surface area contributed by atoms with Crippen molar-refractivity contribution in [1.29, 1.82) is 0 Å². The fourth-order valence-corrected chi connectivity index (χ4v) is 2.64. The molecular weight excluding hydrogens is 276 g/mol. The van der Waals surface area contributed by atoms with Crippen molar-refractivity contribution in [3.8, 4) is 5.75 Å². The van der Waals surface area contributed by atoms with Crippen LogP contribution in [0, 0.1) is 0 Å². The van der Waals surface area contributed by atoms with Gasteiger partial charge in [0.1, 0.15) is 5.75 Å². The van der Waals surface area contributed by atoms with Gasteiger partial charge in [-0.05, 0) is 18.2 Å². The van der Waals surface area contributed by atoms with Crippen LogP contribution >= 0.6 is 11.8 Å². The van der Waals surface area contributed by atoms with E-state index in [2.05, 4.69) is 10.3 Å². The molecular formula is C13H16N4O2S. The molecule has 0 atom stereocenters. The van der Waals surface area contributed by atoms with Crippen molar-refractivity contribution < 1.29 is 9.94 Å². The highest BCUT2D eigenvalue weighted by Crippen LogP contribution is 2.28. The zero-order valence-electron chi connectivity index (χ0n) is 11.3. The summed E-state index contributed by atoms with van der Waals surface area (Å²) in [6, 6.07) is 5.43. The molecule has 7 heteroatoms. The Morgan fingerprint density at radius 3 is 2.95 bits per heavy atom. The standard InChI is InChI=1S/C13H16N4O2S/c1-17-7-11(6-15-17)20-8-10-5-9(13(14)16-18)3-4-12(10)19-2/h3-7,18H,8H2,1-2H3,(H2,14,16). The SMILES string of the molecule is COc1ccc(/C(N)=N/O)cc1CSc1cnn(C)c1. The Kier molecular flexibility index (Phi) is 4.52. The monoisotopic (exact) mass is 292 g/mol. The third-order valence-corrected chi connectivity index (χ3v) is 3.76. The summed E-state index contributed by atoms with van der Waals surface area (Å²) in [5, 5.41) is 15.9. The van der Waals surface area contributed by atoms with Gasteiger partial charge in [0.05, 0.1) is 13.3 Å². The number of thioether (sulfide) groups is 1. The zero-order valence-corrected chi connectivity index (χ0v) is 12.1. The van der Waals surface area contributed by atoms with Crippen LogP contribution in [0.4, 0.5) is 0 Å². The number of nitrogens with zero attached hydrogens (tertiary/aromatic N) is 3. The molecule has 2 rings (SSSR count). The number of hydrogen-bond donors (Lipinski definition) is 2. The van der Waals surface area contributed by atoms with Crippen molar-refractivity contribution in [2.75, 3.05) is 7.11 Å². The number of methoxy groups -OCH3 is 1. The molecule has 1 aromatic heterocycles.